The van der Waals surface area contributed by atoms with Gasteiger partial charge in [0.15, 0.2) is 6.10 Å². The van der Waals surface area contributed by atoms with Gasteiger partial charge in [0, 0.05) is 20.1 Å². The van der Waals surface area contributed by atoms with Gasteiger partial charge in [-0.25, -0.2) is 0 Å². The van der Waals surface area contributed by atoms with E-state index in [4.69, 9.17) is 4.74 Å². The summed E-state index contributed by atoms with van der Waals surface area (Å²) in [4.78, 5) is 82.5. The van der Waals surface area contributed by atoms with E-state index >= 15 is 0 Å². The summed E-state index contributed by atoms with van der Waals surface area (Å²) in [5, 5.41) is 8.14. The lowest BCUT2D eigenvalue weighted by Crippen LogP contribution is -2.61. The highest BCUT2D eigenvalue weighted by Gasteiger charge is 2.44. The van der Waals surface area contributed by atoms with Crippen molar-refractivity contribution < 1.29 is 33.5 Å². The number of ether oxygens (including phenoxy) is 1. The molecular weight excluding hydrogens is 530 g/mol. The zero-order valence-electron chi connectivity index (χ0n) is 26.0. The van der Waals surface area contributed by atoms with Crippen molar-refractivity contribution in [3.8, 4) is 0 Å². The average molecular weight is 580 g/mol. The molecule has 0 bridgehead atoms. The van der Waals surface area contributed by atoms with Gasteiger partial charge in [-0.3, -0.25) is 28.8 Å². The third-order valence-electron chi connectivity index (χ3n) is 7.76. The predicted molar refractivity (Wildman–Crippen MR) is 152 cm³/mol. The van der Waals surface area contributed by atoms with Gasteiger partial charge in [-0.1, -0.05) is 48.5 Å². The summed E-state index contributed by atoms with van der Waals surface area (Å²) in [5.41, 5.74) is 0. The molecule has 0 radical (unpaired) electrons. The highest BCUT2D eigenvalue weighted by Crippen LogP contribution is 2.27. The number of nitrogens with one attached hydrogen (secondary N) is 3. The largest absolute Gasteiger partial charge is 0.452 e. The first-order chi connectivity index (χ1) is 19.1. The van der Waals surface area contributed by atoms with Crippen LogP contribution >= 0.6 is 0 Å². The number of nitrogens with zero attached hydrogens (tertiary/aromatic N) is 2. The SMILES string of the molecule is CC(C)C[C@H]1OC(=O)CCNC(=O)[C@H](C)NC(=O)[C@H](C(C)C)N(C)C(=O)[C@H](C(C)C)NC(=O)[C@@H]2[C@@H](C)CCN2C1=O. The van der Waals surface area contributed by atoms with Crippen LogP contribution in [-0.2, 0) is 33.5 Å². The van der Waals surface area contributed by atoms with Crippen LogP contribution in [0, 0.1) is 23.7 Å². The number of carbonyl (C=O) groups excluding carboxylic acids is 6. The van der Waals surface area contributed by atoms with Gasteiger partial charge in [0.2, 0.25) is 23.6 Å². The smallest absolute Gasteiger partial charge is 0.308 e. The van der Waals surface area contributed by atoms with Crippen LogP contribution in [0.3, 0.4) is 0 Å². The predicted octanol–water partition coefficient (Wildman–Crippen LogP) is 0.830. The summed E-state index contributed by atoms with van der Waals surface area (Å²) >= 11 is 0. The molecule has 3 N–H and O–H groups in total. The van der Waals surface area contributed by atoms with Crippen molar-refractivity contribution >= 4 is 35.5 Å². The Morgan fingerprint density at radius 2 is 1.49 bits per heavy atom. The maximum atomic E-state index is 13.7. The van der Waals surface area contributed by atoms with E-state index in [1.165, 1.54) is 23.8 Å². The van der Waals surface area contributed by atoms with Crippen LogP contribution in [0.25, 0.3) is 0 Å². The van der Waals surface area contributed by atoms with Crippen molar-refractivity contribution in [1.82, 2.24) is 25.8 Å². The first-order valence-electron chi connectivity index (χ1n) is 14.7. The third kappa shape index (κ3) is 8.65. The lowest BCUT2D eigenvalue weighted by Gasteiger charge is -2.36. The molecule has 5 amide bonds. The minimum absolute atomic E-state index is 0.0298. The highest BCUT2D eigenvalue weighted by atomic mass is 16.5. The normalized spacial score (nSPS) is 30.0. The Morgan fingerprint density at radius 1 is 0.854 bits per heavy atom. The Hall–Kier alpha value is -3.18. The average Bonchev–Trinajstić information content (AvgIpc) is 3.25. The van der Waals surface area contributed by atoms with Gasteiger partial charge in [-0.15, -0.1) is 0 Å². The molecule has 6 atom stereocenters. The summed E-state index contributed by atoms with van der Waals surface area (Å²) in [7, 11) is 1.51. The zero-order valence-corrected chi connectivity index (χ0v) is 26.0. The van der Waals surface area contributed by atoms with Crippen molar-refractivity contribution in [3.05, 3.63) is 0 Å². The number of cyclic esters (lactones) is 1. The van der Waals surface area contributed by atoms with Crippen LogP contribution in [0.15, 0.2) is 0 Å². The van der Waals surface area contributed by atoms with Crippen molar-refractivity contribution in [1.29, 1.82) is 0 Å². The molecule has 0 unspecified atom stereocenters. The maximum Gasteiger partial charge on any atom is 0.308 e. The number of hydrogen-bond acceptors (Lipinski definition) is 7. The van der Waals surface area contributed by atoms with Gasteiger partial charge in [0.05, 0.1) is 6.42 Å². The molecule has 12 nitrogen and oxygen atoms in total. The fraction of sp³-hybridized carbons (Fsp3) is 0.793. The Balaban J connectivity index is 2.51. The topological polar surface area (TPSA) is 154 Å². The zero-order chi connectivity index (χ0) is 31.2. The minimum atomic E-state index is -1.08. The number of rotatable bonds is 4. The monoisotopic (exact) mass is 579 g/mol. The summed E-state index contributed by atoms with van der Waals surface area (Å²) in [6.07, 6.45) is -0.407. The second-order valence-electron chi connectivity index (χ2n) is 12.5. The van der Waals surface area contributed by atoms with E-state index in [2.05, 4.69) is 16.0 Å². The molecule has 2 aliphatic heterocycles. The second-order valence-corrected chi connectivity index (χ2v) is 12.5. The van der Waals surface area contributed by atoms with Gasteiger partial charge in [-0.2, -0.15) is 0 Å². The van der Waals surface area contributed by atoms with Gasteiger partial charge in [-0.05, 0) is 43.4 Å². The number of carbonyl (C=O) groups is 6. The van der Waals surface area contributed by atoms with Crippen molar-refractivity contribution in [2.24, 2.45) is 23.7 Å². The summed E-state index contributed by atoms with van der Waals surface area (Å²) in [6.45, 7) is 14.6. The van der Waals surface area contributed by atoms with Crippen LogP contribution in [0.2, 0.25) is 0 Å². The van der Waals surface area contributed by atoms with Gasteiger partial charge in [0.25, 0.3) is 5.91 Å². The highest BCUT2D eigenvalue weighted by molar-refractivity contribution is 5.96. The molecule has 232 valence electrons. The molecule has 2 aliphatic rings. The van der Waals surface area contributed by atoms with Crippen LogP contribution < -0.4 is 16.0 Å². The van der Waals surface area contributed by atoms with Crippen molar-refractivity contribution in [2.45, 2.75) is 105 Å². The van der Waals surface area contributed by atoms with Crippen LogP contribution in [0.5, 0.6) is 0 Å². The Kier molecular flexibility index (Phi) is 12.1. The standard InChI is InChI=1S/C29H49N5O7/c1-15(2)14-20-28(39)34-13-11-18(7)24(34)27(38)32-22(16(3)4)29(40)33(9)23(17(5)6)26(37)31-19(8)25(36)30-12-10-21(35)41-20/h15-20,22-24H,10-14H2,1-9H3,(H,30,36)(H,31,37)(H,32,38)/t18-,19-,20+,22-,23-,24-/m0/s1. The fourth-order valence-corrected chi connectivity index (χ4v) is 5.46. The quantitative estimate of drug-likeness (QED) is 0.417. The molecule has 2 heterocycles. The fourth-order valence-electron chi connectivity index (χ4n) is 5.46. The number of amides is 5. The molecule has 0 aromatic heterocycles. The molecule has 41 heavy (non-hydrogen) atoms. The van der Waals surface area contributed by atoms with E-state index in [0.29, 0.717) is 13.0 Å². The molecule has 0 spiro atoms. The molecule has 12 heteroatoms. The van der Waals surface area contributed by atoms with Gasteiger partial charge < -0.3 is 30.5 Å². The summed E-state index contributed by atoms with van der Waals surface area (Å²) in [5.74, 6) is -3.81. The number of fused-ring (bicyclic) bond motifs is 1. The van der Waals surface area contributed by atoms with Crippen LogP contribution in [-0.4, -0.2) is 95.7 Å². The molecule has 2 rings (SSSR count). The Bertz CT molecular complexity index is 998. The molecule has 0 aromatic rings. The minimum Gasteiger partial charge on any atom is -0.452 e. The molecule has 2 fully saturated rings. The molecule has 0 aromatic carbocycles. The number of likely N-dealkylation sites (N-methyl/N-ethyl adjacent to an activating group) is 1. The van der Waals surface area contributed by atoms with Crippen LogP contribution in [0.1, 0.15) is 74.7 Å². The first-order valence-corrected chi connectivity index (χ1v) is 14.7. The van der Waals surface area contributed by atoms with E-state index in [0.717, 1.165) is 0 Å². The number of esters is 1. The van der Waals surface area contributed by atoms with Gasteiger partial charge in [0.1, 0.15) is 24.2 Å². The Morgan fingerprint density at radius 3 is 2.05 bits per heavy atom. The molecule has 2 saturated heterocycles. The van der Waals surface area contributed by atoms with Crippen LogP contribution in [0.4, 0.5) is 0 Å². The lowest BCUT2D eigenvalue weighted by atomic mass is 9.96. The summed E-state index contributed by atoms with van der Waals surface area (Å²) < 4.78 is 5.58. The first kappa shape index (κ1) is 34.0. The van der Waals surface area contributed by atoms with E-state index in [9.17, 15) is 28.8 Å². The van der Waals surface area contributed by atoms with Gasteiger partial charge >= 0.3 is 5.97 Å². The summed E-state index contributed by atoms with van der Waals surface area (Å²) in [6, 6.07) is -3.65. The van der Waals surface area contributed by atoms with E-state index in [-0.39, 0.29) is 43.1 Å². The Labute approximate surface area is 243 Å². The third-order valence-corrected chi connectivity index (χ3v) is 7.76. The molecular formula is C29H49N5O7. The van der Waals surface area contributed by atoms with Crippen molar-refractivity contribution in [2.75, 3.05) is 20.1 Å². The second kappa shape index (κ2) is 14.6. The van der Waals surface area contributed by atoms with E-state index in [1.807, 2.05) is 20.8 Å². The molecule has 0 aliphatic carbocycles. The van der Waals surface area contributed by atoms with Crippen molar-refractivity contribution in [3.63, 3.8) is 0 Å². The molecule has 0 saturated carbocycles. The maximum absolute atomic E-state index is 13.7. The number of hydrogen-bond donors (Lipinski definition) is 3. The van der Waals surface area contributed by atoms with E-state index < -0.39 is 65.8 Å². The van der Waals surface area contributed by atoms with E-state index in [1.54, 1.807) is 27.7 Å². The lowest BCUT2D eigenvalue weighted by molar-refractivity contribution is -0.162.